The van der Waals surface area contributed by atoms with E-state index in [1.54, 1.807) is 25.3 Å². The molecule has 2 N–H and O–H groups in total. The normalized spacial score (nSPS) is 21.7. The standard InChI is InChI=1S/C48H65N9O7S/c1-12-32(40(49-14-3)29(7)63-11)42-34-25-48(8,9)27-64-47(62)35-17-16-21-57(52-35)46(61)36(24-38-51-44(65-53-38)30-18-19-37(33(34)23-30)56(42)15-4)50-43(59)41(28(5)6)54(10)45(60)31-20-22-55(26-31)39(58)13-2/h12-14,18-19,23,28-29,31,35-36,41,52H,1-2,15-17,20-22,24-27H2,3-11H3,(H,50,59)/b40-32+,49-14-/t29-,31-,35-,36-,41-/m0/s1. The molecule has 5 heterocycles. The van der Waals surface area contributed by atoms with Gasteiger partial charge in [0.05, 0.1) is 30.0 Å². The van der Waals surface area contributed by atoms with E-state index >= 15 is 0 Å². The van der Waals surface area contributed by atoms with Gasteiger partial charge in [0.1, 0.15) is 29.0 Å². The van der Waals surface area contributed by atoms with Crippen LogP contribution in [0, 0.1) is 17.3 Å². The smallest absolute Gasteiger partial charge is 0.324 e. The molecule has 3 aromatic rings. The lowest BCUT2D eigenvalue weighted by atomic mass is 9.84. The van der Waals surface area contributed by atoms with E-state index in [-0.39, 0.29) is 50.0 Å². The van der Waals surface area contributed by atoms with E-state index in [0.717, 1.165) is 39.0 Å². The number of benzene rings is 1. The monoisotopic (exact) mass is 911 g/mol. The lowest BCUT2D eigenvalue weighted by molar-refractivity contribution is -0.155. The molecule has 0 saturated carbocycles. The number of aromatic nitrogens is 3. The number of hydrogen-bond donors (Lipinski definition) is 2. The molecule has 6 rings (SSSR count). The van der Waals surface area contributed by atoms with E-state index in [1.165, 1.54) is 27.5 Å². The summed E-state index contributed by atoms with van der Waals surface area (Å²) in [7, 11) is 3.24. The van der Waals surface area contributed by atoms with E-state index in [2.05, 4.69) is 61.4 Å². The summed E-state index contributed by atoms with van der Waals surface area (Å²) in [4.78, 5) is 81.7. The number of fused-ring (bicyclic) bond motifs is 6. The number of methoxy groups -OCH3 is 1. The zero-order chi connectivity index (χ0) is 47.3. The van der Waals surface area contributed by atoms with Gasteiger partial charge < -0.3 is 29.2 Å². The number of hydrogen-bond acceptors (Lipinski definition) is 12. The van der Waals surface area contributed by atoms with Crippen molar-refractivity contribution in [1.82, 2.24) is 39.5 Å². The van der Waals surface area contributed by atoms with Gasteiger partial charge in [0.25, 0.3) is 5.91 Å². The Bertz CT molecular complexity index is 2380. The zero-order valence-corrected chi connectivity index (χ0v) is 40.1. The molecule has 3 aliphatic heterocycles. The van der Waals surface area contributed by atoms with Crippen molar-refractivity contribution in [3.05, 3.63) is 66.3 Å². The second-order valence-electron chi connectivity index (χ2n) is 18.2. The minimum absolute atomic E-state index is 0.0535. The van der Waals surface area contributed by atoms with Crippen LogP contribution in [-0.2, 0) is 52.8 Å². The molecule has 2 saturated heterocycles. The Morgan fingerprint density at radius 2 is 1.91 bits per heavy atom. The number of ether oxygens (including phenoxy) is 2. The van der Waals surface area contributed by atoms with Crippen LogP contribution in [0.1, 0.15) is 84.8 Å². The van der Waals surface area contributed by atoms with Crippen molar-refractivity contribution in [2.45, 2.75) is 111 Å². The van der Waals surface area contributed by atoms with Crippen molar-refractivity contribution in [2.75, 3.05) is 40.4 Å². The van der Waals surface area contributed by atoms with E-state index in [4.69, 9.17) is 23.8 Å². The van der Waals surface area contributed by atoms with Crippen molar-refractivity contribution < 1.29 is 33.4 Å². The van der Waals surface area contributed by atoms with Gasteiger partial charge in [0.2, 0.25) is 17.7 Å². The minimum Gasteiger partial charge on any atom is -0.464 e. The number of carbonyl (C=O) groups is 5. The molecule has 0 radical (unpaired) electrons. The largest absolute Gasteiger partial charge is 0.464 e. The van der Waals surface area contributed by atoms with Crippen LogP contribution in [0.15, 0.2) is 54.2 Å². The highest BCUT2D eigenvalue weighted by Gasteiger charge is 2.40. The Balaban J connectivity index is 1.42. The van der Waals surface area contributed by atoms with Crippen LogP contribution in [0.5, 0.6) is 0 Å². The van der Waals surface area contributed by atoms with Crippen LogP contribution < -0.4 is 10.7 Å². The first-order chi connectivity index (χ1) is 31.0. The highest BCUT2D eigenvalue weighted by Crippen LogP contribution is 2.40. The van der Waals surface area contributed by atoms with Crippen LogP contribution in [0.3, 0.4) is 0 Å². The molecule has 3 aliphatic rings. The van der Waals surface area contributed by atoms with Crippen LogP contribution in [0.4, 0.5) is 0 Å². The summed E-state index contributed by atoms with van der Waals surface area (Å²) in [6.45, 7) is 23.2. The molecule has 2 fully saturated rings. The van der Waals surface area contributed by atoms with Crippen molar-refractivity contribution in [2.24, 2.45) is 22.2 Å². The number of nitrogens with one attached hydrogen (secondary N) is 2. The predicted octanol–water partition coefficient (Wildman–Crippen LogP) is 5.37. The average Bonchev–Trinajstić information content (AvgIpc) is 4.05. The van der Waals surface area contributed by atoms with Gasteiger partial charge >= 0.3 is 5.97 Å². The third-order valence-electron chi connectivity index (χ3n) is 12.6. The fraction of sp³-hybridized carbons (Fsp3) is 0.542. The molecule has 5 atom stereocenters. The van der Waals surface area contributed by atoms with Crippen molar-refractivity contribution in [3.63, 3.8) is 0 Å². The molecule has 1 aromatic carbocycles. The molecule has 16 nitrogen and oxygen atoms in total. The molecular weight excluding hydrogens is 847 g/mol. The lowest BCUT2D eigenvalue weighted by Crippen LogP contribution is -2.62. The molecule has 2 aromatic heterocycles. The number of nitrogens with zero attached hydrogens (tertiary/aromatic N) is 7. The van der Waals surface area contributed by atoms with Crippen molar-refractivity contribution in [1.29, 1.82) is 0 Å². The molecule has 17 heteroatoms. The second-order valence-corrected chi connectivity index (χ2v) is 19.0. The summed E-state index contributed by atoms with van der Waals surface area (Å²) in [6.07, 6.45) is 6.38. The van der Waals surface area contributed by atoms with Gasteiger partial charge in [0.15, 0.2) is 0 Å². The number of aliphatic imine (C=N–C) groups is 1. The number of carbonyl (C=O) groups excluding carboxylic acids is 5. The first-order valence-corrected chi connectivity index (χ1v) is 23.3. The van der Waals surface area contributed by atoms with Crippen molar-refractivity contribution in [3.8, 4) is 10.6 Å². The SMILES string of the molecule is C=CC(=O)N1CC[C@H](C(=O)N(C)[C@H](C(=O)N[C@H]2Cc3nsc(n3)-c3ccc4c(c3)c(c(/C(C=C)=C(/N=C\C)[C@H](C)OC)n4CC)CC(C)(C)COC(=O)[C@@H]3CCCN(N3)C2=O)C(C)C)C1. The van der Waals surface area contributed by atoms with Gasteiger partial charge in [0, 0.05) is 80.4 Å². The van der Waals surface area contributed by atoms with Gasteiger partial charge in [-0.05, 0) is 93.7 Å². The third-order valence-corrected chi connectivity index (χ3v) is 13.4. The Labute approximate surface area is 386 Å². The molecule has 0 spiro atoms. The zero-order valence-electron chi connectivity index (χ0n) is 39.3. The van der Waals surface area contributed by atoms with Gasteiger partial charge in [-0.15, -0.1) is 0 Å². The third kappa shape index (κ3) is 10.5. The maximum atomic E-state index is 14.6. The maximum Gasteiger partial charge on any atom is 0.324 e. The highest BCUT2D eigenvalue weighted by molar-refractivity contribution is 7.09. The molecule has 350 valence electrons. The van der Waals surface area contributed by atoms with Crippen LogP contribution in [0.25, 0.3) is 27.0 Å². The average molecular weight is 912 g/mol. The number of amides is 4. The van der Waals surface area contributed by atoms with Gasteiger partial charge in [-0.3, -0.25) is 34.0 Å². The Morgan fingerprint density at radius 3 is 2.57 bits per heavy atom. The van der Waals surface area contributed by atoms with E-state index < -0.39 is 47.2 Å². The topological polar surface area (TPSA) is 181 Å². The number of cyclic esters (lactones) is 1. The fourth-order valence-corrected chi connectivity index (χ4v) is 9.96. The Kier molecular flexibility index (Phi) is 15.6. The first-order valence-electron chi connectivity index (χ1n) is 22.6. The maximum absolute atomic E-state index is 14.6. The quantitative estimate of drug-likeness (QED) is 0.104. The summed E-state index contributed by atoms with van der Waals surface area (Å²) in [5, 5.41) is 5.97. The predicted molar refractivity (Wildman–Crippen MR) is 252 cm³/mol. The molecule has 65 heavy (non-hydrogen) atoms. The van der Waals surface area contributed by atoms with E-state index in [0.29, 0.717) is 49.6 Å². The summed E-state index contributed by atoms with van der Waals surface area (Å²) in [6, 6.07) is 3.29. The number of rotatable bonds is 12. The van der Waals surface area contributed by atoms with Crippen LogP contribution in [0.2, 0.25) is 0 Å². The summed E-state index contributed by atoms with van der Waals surface area (Å²) in [5.41, 5.74) is 7.94. The molecule has 4 amide bonds. The molecule has 0 aliphatic carbocycles. The number of aryl methyl sites for hydroxylation is 1. The number of likely N-dealkylation sites (tertiary alicyclic amines) is 1. The van der Waals surface area contributed by atoms with Gasteiger partial charge in [-0.25, -0.2) is 10.4 Å². The van der Waals surface area contributed by atoms with Gasteiger partial charge in [-0.1, -0.05) is 46.9 Å². The number of hydrazine groups is 1. The van der Waals surface area contributed by atoms with E-state index in [1.807, 2.05) is 39.8 Å². The number of esters is 1. The van der Waals surface area contributed by atoms with Crippen LogP contribution in [-0.4, -0.2) is 129 Å². The Hall–Kier alpha value is -5.52. The summed E-state index contributed by atoms with van der Waals surface area (Å²) >= 11 is 1.20. The number of allylic oxidation sites excluding steroid dienone is 2. The summed E-state index contributed by atoms with van der Waals surface area (Å²) < 4.78 is 18.9. The summed E-state index contributed by atoms with van der Waals surface area (Å²) in [5.74, 6) is -2.45. The molecular formula is C48H65N9O7S. The van der Waals surface area contributed by atoms with Crippen LogP contribution >= 0.6 is 11.5 Å². The van der Waals surface area contributed by atoms with Crippen molar-refractivity contribution >= 4 is 63.8 Å². The van der Waals surface area contributed by atoms with E-state index in [9.17, 15) is 24.0 Å². The number of likely N-dealkylation sites (N-methyl/N-ethyl adjacent to an activating group) is 1. The molecule has 0 unspecified atom stereocenters. The minimum atomic E-state index is -1.16. The molecule has 6 bridgehead atoms. The first kappa shape index (κ1) is 48.9. The lowest BCUT2D eigenvalue weighted by Gasteiger charge is -2.36. The fourth-order valence-electron chi connectivity index (χ4n) is 9.27. The van der Waals surface area contributed by atoms with Gasteiger partial charge in [-0.2, -0.15) is 4.37 Å². The second kappa shape index (κ2) is 20.8. The highest BCUT2D eigenvalue weighted by atomic mass is 32.1. The Morgan fingerprint density at radius 1 is 1.15 bits per heavy atom.